The van der Waals surface area contributed by atoms with Crippen molar-refractivity contribution in [2.45, 2.75) is 25.7 Å². The first kappa shape index (κ1) is 25.8. The first-order valence-electron chi connectivity index (χ1n) is 12.7. The Morgan fingerprint density at radius 2 is 1.53 bits per heavy atom. The Bertz CT molecular complexity index is 1020. The number of hydrogen-bond acceptors (Lipinski definition) is 6. The summed E-state index contributed by atoms with van der Waals surface area (Å²) < 4.78 is 23.9. The summed E-state index contributed by atoms with van der Waals surface area (Å²) >= 11 is 0. The minimum atomic E-state index is -0.926. The lowest BCUT2D eigenvalue weighted by molar-refractivity contribution is -0.144. The normalized spacial score (nSPS) is 17.4. The molecule has 5 rings (SSSR count). The average molecular weight is 499 g/mol. The fourth-order valence-corrected chi connectivity index (χ4v) is 4.73. The Kier molecular flexibility index (Phi) is 9.00. The molecular formula is C27H35FN4O4. The van der Waals surface area contributed by atoms with Crippen molar-refractivity contribution < 1.29 is 23.5 Å². The Hall–Kier alpha value is -3.33. The standard InChI is InChI=1S/C15H21NO2.C12H14FN3O2/c1-2-8-16(7-1)9-3-4-13-5-6-14-15(12-13)18-11-10-17-14;13-9-1-3-10(4-2-9)15-5-7-16(8-6-15)12(18)11(14)17/h5-6,12H,1-4,7-11H2;1-4H,5-8H2,(H2,14,17). The zero-order valence-corrected chi connectivity index (χ0v) is 20.7. The summed E-state index contributed by atoms with van der Waals surface area (Å²) in [7, 11) is 0. The van der Waals surface area contributed by atoms with Gasteiger partial charge in [0.2, 0.25) is 0 Å². The SMILES string of the molecule is NC(=O)C(=O)N1CCN(c2ccc(F)cc2)CC1.c1cc2c(cc1CCCN1CCCC1)OCCO2. The average Bonchev–Trinajstić information content (AvgIpc) is 3.43. The predicted molar refractivity (Wildman–Crippen MR) is 136 cm³/mol. The number of ether oxygens (including phenoxy) is 2. The van der Waals surface area contributed by atoms with Crippen LogP contribution in [0.5, 0.6) is 11.5 Å². The van der Waals surface area contributed by atoms with Gasteiger partial charge in [-0.3, -0.25) is 9.59 Å². The molecule has 0 radical (unpaired) electrons. The highest BCUT2D eigenvalue weighted by atomic mass is 19.1. The molecule has 9 heteroatoms. The number of nitrogens with zero attached hydrogens (tertiary/aromatic N) is 3. The summed E-state index contributed by atoms with van der Waals surface area (Å²) in [6.07, 6.45) is 5.13. The van der Waals surface area contributed by atoms with E-state index in [2.05, 4.69) is 17.0 Å². The van der Waals surface area contributed by atoms with E-state index in [1.807, 2.05) is 11.0 Å². The Labute approximate surface area is 211 Å². The number of nitrogens with two attached hydrogens (primary N) is 1. The fraction of sp³-hybridized carbons (Fsp3) is 0.481. The van der Waals surface area contributed by atoms with Gasteiger partial charge < -0.3 is 29.9 Å². The number of rotatable bonds is 5. The molecule has 2 N–H and O–H groups in total. The Morgan fingerprint density at radius 1 is 0.861 bits per heavy atom. The van der Waals surface area contributed by atoms with Gasteiger partial charge in [0, 0.05) is 31.9 Å². The third-order valence-electron chi connectivity index (χ3n) is 6.71. The van der Waals surface area contributed by atoms with Crippen LogP contribution in [0.25, 0.3) is 0 Å². The molecule has 2 saturated heterocycles. The van der Waals surface area contributed by atoms with Gasteiger partial charge >= 0.3 is 11.8 Å². The van der Waals surface area contributed by atoms with Crippen LogP contribution in [0, 0.1) is 5.82 Å². The van der Waals surface area contributed by atoms with E-state index in [9.17, 15) is 14.0 Å². The van der Waals surface area contributed by atoms with Gasteiger partial charge in [-0.2, -0.15) is 0 Å². The van der Waals surface area contributed by atoms with Crippen molar-refractivity contribution in [3.05, 3.63) is 53.8 Å². The van der Waals surface area contributed by atoms with Crippen LogP contribution in [-0.4, -0.2) is 80.6 Å². The van der Waals surface area contributed by atoms with Crippen molar-refractivity contribution in [3.63, 3.8) is 0 Å². The third kappa shape index (κ3) is 7.10. The van der Waals surface area contributed by atoms with Crippen LogP contribution in [0.4, 0.5) is 10.1 Å². The van der Waals surface area contributed by atoms with Gasteiger partial charge in [-0.25, -0.2) is 4.39 Å². The van der Waals surface area contributed by atoms with Gasteiger partial charge in [0.1, 0.15) is 19.0 Å². The summed E-state index contributed by atoms with van der Waals surface area (Å²) in [4.78, 5) is 28.2. The molecule has 0 saturated carbocycles. The number of fused-ring (bicyclic) bond motifs is 1. The first-order chi connectivity index (χ1) is 17.5. The van der Waals surface area contributed by atoms with Crippen molar-refractivity contribution >= 4 is 17.5 Å². The van der Waals surface area contributed by atoms with Crippen molar-refractivity contribution in [2.75, 3.05) is 63.9 Å². The molecule has 2 aromatic rings. The highest BCUT2D eigenvalue weighted by Crippen LogP contribution is 2.31. The lowest BCUT2D eigenvalue weighted by Crippen LogP contribution is -2.51. The lowest BCUT2D eigenvalue weighted by Gasteiger charge is -2.35. The number of carbonyl (C=O) groups is 2. The van der Waals surface area contributed by atoms with Crippen LogP contribution >= 0.6 is 0 Å². The molecule has 3 aliphatic heterocycles. The van der Waals surface area contributed by atoms with E-state index in [1.54, 1.807) is 12.1 Å². The summed E-state index contributed by atoms with van der Waals surface area (Å²) in [5, 5.41) is 0. The number of benzene rings is 2. The number of anilines is 1. The minimum absolute atomic E-state index is 0.277. The van der Waals surface area contributed by atoms with E-state index in [1.165, 1.54) is 61.5 Å². The van der Waals surface area contributed by atoms with Crippen molar-refractivity contribution in [3.8, 4) is 11.5 Å². The molecule has 8 nitrogen and oxygen atoms in total. The number of aryl methyl sites for hydroxylation is 1. The Morgan fingerprint density at radius 3 is 2.19 bits per heavy atom. The zero-order valence-electron chi connectivity index (χ0n) is 20.7. The summed E-state index contributed by atoms with van der Waals surface area (Å²) in [5.41, 5.74) is 7.21. The maximum absolute atomic E-state index is 12.8. The maximum Gasteiger partial charge on any atom is 0.311 e. The van der Waals surface area contributed by atoms with E-state index in [-0.39, 0.29) is 5.82 Å². The van der Waals surface area contributed by atoms with E-state index >= 15 is 0 Å². The van der Waals surface area contributed by atoms with Gasteiger partial charge in [-0.05, 0) is 87.3 Å². The van der Waals surface area contributed by atoms with Crippen LogP contribution in [-0.2, 0) is 16.0 Å². The number of primary amides is 1. The number of likely N-dealkylation sites (tertiary alicyclic amines) is 1. The predicted octanol–water partition coefficient (Wildman–Crippen LogP) is 2.45. The number of piperazine rings is 1. The molecule has 2 aromatic carbocycles. The number of carbonyl (C=O) groups excluding carboxylic acids is 2. The quantitative estimate of drug-likeness (QED) is 0.638. The van der Waals surface area contributed by atoms with Crippen molar-refractivity contribution in [1.29, 1.82) is 0 Å². The first-order valence-corrected chi connectivity index (χ1v) is 12.7. The summed E-state index contributed by atoms with van der Waals surface area (Å²) in [6.45, 7) is 7.25. The number of halogens is 1. The minimum Gasteiger partial charge on any atom is -0.486 e. The molecule has 36 heavy (non-hydrogen) atoms. The highest BCUT2D eigenvalue weighted by molar-refractivity contribution is 6.34. The molecule has 3 aliphatic rings. The molecule has 0 aliphatic carbocycles. The molecular weight excluding hydrogens is 463 g/mol. The number of hydrogen-bond donors (Lipinski definition) is 1. The van der Waals surface area contributed by atoms with E-state index < -0.39 is 11.8 Å². The second-order valence-corrected chi connectivity index (χ2v) is 9.25. The second kappa shape index (κ2) is 12.6. The molecule has 2 amide bonds. The Balaban J connectivity index is 0.000000169. The van der Waals surface area contributed by atoms with Crippen LogP contribution < -0.4 is 20.1 Å². The van der Waals surface area contributed by atoms with Crippen molar-refractivity contribution in [2.24, 2.45) is 5.73 Å². The summed E-state index contributed by atoms with van der Waals surface area (Å²) in [5.74, 6) is -0.0373. The molecule has 194 valence electrons. The van der Waals surface area contributed by atoms with E-state index in [0.29, 0.717) is 39.4 Å². The highest BCUT2D eigenvalue weighted by Gasteiger charge is 2.24. The zero-order chi connectivity index (χ0) is 25.3. The van der Waals surface area contributed by atoms with Gasteiger partial charge in [0.15, 0.2) is 11.5 Å². The monoisotopic (exact) mass is 498 g/mol. The molecule has 2 fully saturated rings. The summed E-state index contributed by atoms with van der Waals surface area (Å²) in [6, 6.07) is 12.5. The largest absolute Gasteiger partial charge is 0.486 e. The smallest absolute Gasteiger partial charge is 0.311 e. The molecule has 0 bridgehead atoms. The van der Waals surface area contributed by atoms with Gasteiger partial charge in [-0.1, -0.05) is 6.07 Å². The van der Waals surface area contributed by atoms with Crippen LogP contribution in [0.2, 0.25) is 0 Å². The number of amides is 2. The lowest BCUT2D eigenvalue weighted by atomic mass is 10.1. The third-order valence-corrected chi connectivity index (χ3v) is 6.71. The van der Waals surface area contributed by atoms with Gasteiger partial charge in [0.05, 0.1) is 0 Å². The van der Waals surface area contributed by atoms with Gasteiger partial charge in [-0.15, -0.1) is 0 Å². The molecule has 0 unspecified atom stereocenters. The van der Waals surface area contributed by atoms with Crippen LogP contribution in [0.15, 0.2) is 42.5 Å². The van der Waals surface area contributed by atoms with E-state index in [0.717, 1.165) is 23.6 Å². The second-order valence-electron chi connectivity index (χ2n) is 9.25. The maximum atomic E-state index is 12.8. The van der Waals surface area contributed by atoms with Crippen LogP contribution in [0.1, 0.15) is 24.8 Å². The fourth-order valence-electron chi connectivity index (χ4n) is 4.73. The van der Waals surface area contributed by atoms with E-state index in [4.69, 9.17) is 15.2 Å². The van der Waals surface area contributed by atoms with Crippen molar-refractivity contribution in [1.82, 2.24) is 9.80 Å². The molecule has 3 heterocycles. The molecule has 0 atom stereocenters. The van der Waals surface area contributed by atoms with Gasteiger partial charge in [0.25, 0.3) is 0 Å². The molecule has 0 spiro atoms. The molecule has 0 aromatic heterocycles. The topological polar surface area (TPSA) is 88.3 Å². The van der Waals surface area contributed by atoms with Crippen LogP contribution in [0.3, 0.4) is 0 Å².